The molecule has 0 rings (SSSR count). The van der Waals surface area contributed by atoms with Crippen LogP contribution in [0.2, 0.25) is 0 Å². The van der Waals surface area contributed by atoms with Crippen molar-refractivity contribution in [3.63, 3.8) is 0 Å². The molecule has 3 N–H and O–H groups in total. The number of hydrogen-bond acceptors (Lipinski definition) is 2. The Bertz CT molecular complexity index is 170. The molecule has 0 radical (unpaired) electrons. The molecule has 1 atom stereocenters. The van der Waals surface area contributed by atoms with Crippen molar-refractivity contribution in [1.29, 1.82) is 0 Å². The molecular formula is C7H13F3N2O. The number of nitrogens with one attached hydrogen (secondary N) is 1. The lowest BCUT2D eigenvalue weighted by Gasteiger charge is -2.12. The van der Waals surface area contributed by atoms with Crippen LogP contribution in [0.3, 0.4) is 0 Å². The first kappa shape index (κ1) is 12.2. The van der Waals surface area contributed by atoms with Crippen LogP contribution in [0.25, 0.3) is 0 Å². The van der Waals surface area contributed by atoms with Crippen LogP contribution in [0, 0.1) is 0 Å². The predicted molar refractivity (Wildman–Crippen MR) is 41.9 cm³/mol. The number of nitrogens with two attached hydrogens (primary N) is 1. The molecule has 0 aromatic heterocycles. The highest BCUT2D eigenvalue weighted by Crippen LogP contribution is 2.18. The number of carbonyl (C=O) groups excluding carboxylic acids is 1. The fraction of sp³-hybridized carbons (Fsp3) is 0.857. The van der Waals surface area contributed by atoms with Crippen molar-refractivity contribution in [2.45, 2.75) is 32.0 Å². The van der Waals surface area contributed by atoms with E-state index < -0.39 is 18.5 Å². The van der Waals surface area contributed by atoms with Crippen LogP contribution in [-0.4, -0.2) is 24.7 Å². The van der Waals surface area contributed by atoms with Crippen molar-refractivity contribution in [2.75, 3.05) is 6.54 Å². The van der Waals surface area contributed by atoms with Crippen molar-refractivity contribution in [2.24, 2.45) is 5.73 Å². The summed E-state index contributed by atoms with van der Waals surface area (Å²) >= 11 is 0. The fourth-order valence-corrected chi connectivity index (χ4v) is 0.834. The van der Waals surface area contributed by atoms with Gasteiger partial charge in [-0.3, -0.25) is 4.79 Å². The lowest BCUT2D eigenvalue weighted by molar-refractivity contribution is -0.133. The largest absolute Gasteiger partial charge is 0.390 e. The van der Waals surface area contributed by atoms with Crippen LogP contribution in [0.1, 0.15) is 19.8 Å². The fourth-order valence-electron chi connectivity index (χ4n) is 0.834. The van der Waals surface area contributed by atoms with Crippen LogP contribution in [0.15, 0.2) is 0 Å². The van der Waals surface area contributed by atoms with Crippen molar-refractivity contribution in [1.82, 2.24) is 5.32 Å². The van der Waals surface area contributed by atoms with Crippen LogP contribution < -0.4 is 11.1 Å². The summed E-state index contributed by atoms with van der Waals surface area (Å²) in [6, 6.07) is -0.306. The molecule has 0 aliphatic carbocycles. The van der Waals surface area contributed by atoms with E-state index in [0.717, 1.165) is 0 Å². The molecule has 0 aromatic carbocycles. The van der Waals surface area contributed by atoms with Gasteiger partial charge in [0.15, 0.2) is 0 Å². The first-order valence-electron chi connectivity index (χ1n) is 3.89. The molecule has 6 heteroatoms. The third kappa shape index (κ3) is 9.13. The Morgan fingerprint density at radius 2 is 2.08 bits per heavy atom. The van der Waals surface area contributed by atoms with Gasteiger partial charge in [0.05, 0.1) is 6.42 Å². The number of halogens is 3. The summed E-state index contributed by atoms with van der Waals surface area (Å²) in [6.45, 7) is 1.43. The van der Waals surface area contributed by atoms with E-state index in [-0.39, 0.29) is 19.0 Å². The third-order valence-corrected chi connectivity index (χ3v) is 1.41. The maximum Gasteiger partial charge on any atom is 0.390 e. The van der Waals surface area contributed by atoms with E-state index in [1.54, 1.807) is 6.92 Å². The molecule has 0 saturated heterocycles. The van der Waals surface area contributed by atoms with Gasteiger partial charge < -0.3 is 11.1 Å². The lowest BCUT2D eigenvalue weighted by atomic mass is 10.2. The summed E-state index contributed by atoms with van der Waals surface area (Å²) in [7, 11) is 0. The van der Waals surface area contributed by atoms with Crippen molar-refractivity contribution >= 4 is 5.91 Å². The zero-order chi connectivity index (χ0) is 10.5. The Hall–Kier alpha value is -0.780. The standard InChI is InChI=1S/C7H13F3N2O/c1-5(4-6(11)13)12-3-2-7(8,9)10/h5,12H,2-4H2,1H3,(H2,11,13). The topological polar surface area (TPSA) is 55.1 Å². The SMILES string of the molecule is CC(CC(N)=O)NCCC(F)(F)F. The Morgan fingerprint density at radius 1 is 1.54 bits per heavy atom. The second-order valence-electron chi connectivity index (χ2n) is 2.89. The summed E-state index contributed by atoms with van der Waals surface area (Å²) < 4.78 is 34.9. The normalized spacial score (nSPS) is 14.2. The summed E-state index contributed by atoms with van der Waals surface area (Å²) in [5.74, 6) is -0.521. The van der Waals surface area contributed by atoms with Gasteiger partial charge in [0, 0.05) is 19.0 Å². The van der Waals surface area contributed by atoms with Gasteiger partial charge in [0.1, 0.15) is 0 Å². The van der Waals surface area contributed by atoms with Gasteiger partial charge in [-0.05, 0) is 6.92 Å². The van der Waals surface area contributed by atoms with Gasteiger partial charge in [-0.2, -0.15) is 13.2 Å². The van der Waals surface area contributed by atoms with Gasteiger partial charge in [-0.1, -0.05) is 0 Å². The summed E-state index contributed by atoms with van der Waals surface area (Å²) in [5, 5.41) is 2.55. The van der Waals surface area contributed by atoms with Gasteiger partial charge in [0.2, 0.25) is 5.91 Å². The second-order valence-corrected chi connectivity index (χ2v) is 2.89. The van der Waals surface area contributed by atoms with E-state index in [2.05, 4.69) is 5.32 Å². The van der Waals surface area contributed by atoms with Gasteiger partial charge >= 0.3 is 6.18 Å². The Balaban J connectivity index is 3.48. The summed E-state index contributed by atoms with van der Waals surface area (Å²) in [5.41, 5.74) is 4.85. The number of hydrogen-bond donors (Lipinski definition) is 2. The van der Waals surface area contributed by atoms with Crippen LogP contribution in [0.4, 0.5) is 13.2 Å². The monoisotopic (exact) mass is 198 g/mol. The zero-order valence-corrected chi connectivity index (χ0v) is 7.32. The molecule has 1 unspecified atom stereocenters. The molecule has 0 spiro atoms. The van der Waals surface area contributed by atoms with E-state index in [1.807, 2.05) is 0 Å². The van der Waals surface area contributed by atoms with Gasteiger partial charge in [-0.15, -0.1) is 0 Å². The molecule has 1 amide bonds. The first-order chi connectivity index (χ1) is 5.81. The van der Waals surface area contributed by atoms with Crippen molar-refractivity contribution in [3.8, 4) is 0 Å². The predicted octanol–water partition coefficient (Wildman–Crippen LogP) is 0.792. The third-order valence-electron chi connectivity index (χ3n) is 1.41. The molecule has 0 aromatic rings. The molecule has 0 saturated carbocycles. The lowest BCUT2D eigenvalue weighted by Crippen LogP contribution is -2.33. The van der Waals surface area contributed by atoms with E-state index >= 15 is 0 Å². The van der Waals surface area contributed by atoms with E-state index in [0.29, 0.717) is 0 Å². The van der Waals surface area contributed by atoms with Crippen LogP contribution >= 0.6 is 0 Å². The highest BCUT2D eigenvalue weighted by atomic mass is 19.4. The first-order valence-corrected chi connectivity index (χ1v) is 3.89. The number of carbonyl (C=O) groups is 1. The molecule has 78 valence electrons. The van der Waals surface area contributed by atoms with Gasteiger partial charge in [-0.25, -0.2) is 0 Å². The van der Waals surface area contributed by atoms with Gasteiger partial charge in [0.25, 0.3) is 0 Å². The molecular weight excluding hydrogens is 185 g/mol. The minimum absolute atomic E-state index is 0.0534. The van der Waals surface area contributed by atoms with Crippen molar-refractivity contribution < 1.29 is 18.0 Å². The van der Waals surface area contributed by atoms with E-state index in [1.165, 1.54) is 0 Å². The highest BCUT2D eigenvalue weighted by Gasteiger charge is 2.26. The van der Waals surface area contributed by atoms with Crippen molar-refractivity contribution in [3.05, 3.63) is 0 Å². The second kappa shape index (κ2) is 5.06. The number of amides is 1. The molecule has 13 heavy (non-hydrogen) atoms. The minimum Gasteiger partial charge on any atom is -0.370 e. The Morgan fingerprint density at radius 3 is 2.46 bits per heavy atom. The van der Waals surface area contributed by atoms with Crippen LogP contribution in [-0.2, 0) is 4.79 Å². The highest BCUT2D eigenvalue weighted by molar-refractivity contribution is 5.74. The minimum atomic E-state index is -4.15. The summed E-state index contributed by atoms with van der Waals surface area (Å²) in [6.07, 6.45) is -4.99. The Labute approximate surface area is 74.5 Å². The molecule has 0 bridgehead atoms. The number of rotatable bonds is 5. The number of primary amides is 1. The maximum absolute atomic E-state index is 11.6. The smallest absolute Gasteiger partial charge is 0.370 e. The van der Waals surface area contributed by atoms with Crippen LogP contribution in [0.5, 0.6) is 0 Å². The molecule has 0 heterocycles. The molecule has 0 aliphatic rings. The quantitative estimate of drug-likeness (QED) is 0.686. The molecule has 3 nitrogen and oxygen atoms in total. The average molecular weight is 198 g/mol. The number of alkyl halides is 3. The maximum atomic E-state index is 11.6. The summed E-state index contributed by atoms with van der Waals surface area (Å²) in [4.78, 5) is 10.3. The van der Waals surface area contributed by atoms with E-state index in [4.69, 9.17) is 5.73 Å². The Kier molecular flexibility index (Phi) is 4.76. The molecule has 0 aliphatic heterocycles. The average Bonchev–Trinajstić information content (AvgIpc) is 1.81. The molecule has 0 fully saturated rings. The zero-order valence-electron chi connectivity index (χ0n) is 7.32. The van der Waals surface area contributed by atoms with E-state index in [9.17, 15) is 18.0 Å².